The number of fused-ring (bicyclic) bond motifs is 1. The summed E-state index contributed by atoms with van der Waals surface area (Å²) in [6.45, 7) is -0.436. The first-order valence-electron chi connectivity index (χ1n) is 7.55. The molecule has 0 aromatic heterocycles. The topological polar surface area (TPSA) is 113 Å². The first kappa shape index (κ1) is 21.9. The van der Waals surface area contributed by atoms with Crippen molar-refractivity contribution in [2.45, 2.75) is 17.4 Å². The SMILES string of the molecule is O=C(CNS(=O)(=O)c1ccc(Cl)cc1)c1ccc2c(c1)CC(C(=O)[O-])O2.[Na+]. The molecule has 1 unspecified atom stereocenters. The average molecular weight is 418 g/mol. The standard InChI is InChI=1S/C17H14ClNO6S.Na/c18-12-2-4-13(5-3-12)26(23,24)19-9-14(20)10-1-6-15-11(7-10)8-16(25-15)17(21)22;/h1-7,16,19H,8-9H2,(H,21,22);/q;+1/p-1. The number of carboxylic acid groups (broad SMARTS) is 1. The van der Waals surface area contributed by atoms with Gasteiger partial charge in [-0.15, -0.1) is 0 Å². The van der Waals surface area contributed by atoms with Gasteiger partial charge in [-0.1, -0.05) is 11.6 Å². The Morgan fingerprint density at radius 2 is 1.85 bits per heavy atom. The van der Waals surface area contributed by atoms with Crippen LogP contribution in [0.1, 0.15) is 15.9 Å². The van der Waals surface area contributed by atoms with Crippen LogP contribution in [0.2, 0.25) is 5.02 Å². The number of carbonyl (C=O) groups is 2. The normalized spacial score (nSPS) is 15.4. The van der Waals surface area contributed by atoms with E-state index in [4.69, 9.17) is 16.3 Å². The zero-order chi connectivity index (χ0) is 18.9. The van der Waals surface area contributed by atoms with Crippen molar-refractivity contribution in [2.24, 2.45) is 0 Å². The molecule has 1 N–H and O–H groups in total. The van der Waals surface area contributed by atoms with Crippen LogP contribution in [-0.2, 0) is 21.2 Å². The van der Waals surface area contributed by atoms with E-state index in [1.165, 1.54) is 42.5 Å². The van der Waals surface area contributed by atoms with Crippen LogP contribution in [0.25, 0.3) is 0 Å². The third-order valence-corrected chi connectivity index (χ3v) is 5.54. The van der Waals surface area contributed by atoms with Crippen LogP contribution < -0.4 is 44.1 Å². The van der Waals surface area contributed by atoms with Gasteiger partial charge in [0.15, 0.2) is 5.78 Å². The molecule has 136 valence electrons. The molecule has 27 heavy (non-hydrogen) atoms. The molecule has 1 atom stereocenters. The Bertz CT molecular complexity index is 977. The first-order chi connectivity index (χ1) is 12.3. The van der Waals surface area contributed by atoms with Gasteiger partial charge >= 0.3 is 29.6 Å². The van der Waals surface area contributed by atoms with Gasteiger partial charge in [0.05, 0.1) is 17.4 Å². The Balaban J connectivity index is 0.00000261. The van der Waals surface area contributed by atoms with Crippen LogP contribution in [0.3, 0.4) is 0 Å². The molecule has 0 spiro atoms. The number of nitrogens with one attached hydrogen (secondary N) is 1. The van der Waals surface area contributed by atoms with Crippen molar-refractivity contribution < 1.29 is 57.4 Å². The number of benzene rings is 2. The molecule has 0 bridgehead atoms. The molecular weight excluding hydrogens is 405 g/mol. The number of ether oxygens (including phenoxy) is 1. The third-order valence-electron chi connectivity index (χ3n) is 3.87. The quantitative estimate of drug-likeness (QED) is 0.413. The fourth-order valence-electron chi connectivity index (χ4n) is 2.51. The van der Waals surface area contributed by atoms with Gasteiger partial charge in [0.25, 0.3) is 0 Å². The van der Waals surface area contributed by atoms with Gasteiger partial charge in [0, 0.05) is 17.0 Å². The number of Topliss-reactive ketones (excluding diaryl/α,β-unsaturated/α-hetero) is 1. The van der Waals surface area contributed by atoms with E-state index in [0.717, 1.165) is 0 Å². The molecular formula is C17H13ClNNaO6S. The molecule has 0 amide bonds. The molecule has 1 heterocycles. The zero-order valence-electron chi connectivity index (χ0n) is 14.3. The molecule has 0 saturated carbocycles. The summed E-state index contributed by atoms with van der Waals surface area (Å²) in [7, 11) is -3.85. The number of halogens is 1. The van der Waals surface area contributed by atoms with Gasteiger partial charge in [0.2, 0.25) is 10.0 Å². The van der Waals surface area contributed by atoms with Crippen molar-refractivity contribution in [3.8, 4) is 5.75 Å². The minimum absolute atomic E-state index is 0. The fourth-order valence-corrected chi connectivity index (χ4v) is 3.62. The van der Waals surface area contributed by atoms with Gasteiger partial charge < -0.3 is 14.6 Å². The number of ketones is 1. The van der Waals surface area contributed by atoms with Crippen LogP contribution in [0.4, 0.5) is 0 Å². The van der Waals surface area contributed by atoms with E-state index < -0.39 is 34.4 Å². The molecule has 1 aliphatic heterocycles. The second kappa shape index (κ2) is 8.72. The van der Waals surface area contributed by atoms with Gasteiger partial charge in [-0.05, 0) is 48.0 Å². The fraction of sp³-hybridized carbons (Fsp3) is 0.176. The number of hydrogen-bond acceptors (Lipinski definition) is 6. The van der Waals surface area contributed by atoms with Crippen molar-refractivity contribution >= 4 is 33.4 Å². The predicted octanol–water partition coefficient (Wildman–Crippen LogP) is -2.44. The van der Waals surface area contributed by atoms with Crippen molar-refractivity contribution in [3.05, 3.63) is 58.6 Å². The second-order valence-electron chi connectivity index (χ2n) is 5.65. The average Bonchev–Trinajstić information content (AvgIpc) is 3.03. The molecule has 1 aliphatic rings. The Hall–Kier alpha value is -1.42. The largest absolute Gasteiger partial charge is 1.00 e. The minimum atomic E-state index is -3.85. The molecule has 0 saturated heterocycles. The third kappa shape index (κ3) is 5.10. The Labute approximate surface area is 183 Å². The van der Waals surface area contributed by atoms with Crippen LogP contribution in [-0.4, -0.2) is 32.8 Å². The van der Waals surface area contributed by atoms with E-state index in [0.29, 0.717) is 16.3 Å². The Morgan fingerprint density at radius 1 is 1.19 bits per heavy atom. The molecule has 0 aliphatic carbocycles. The maximum atomic E-state index is 12.3. The van der Waals surface area contributed by atoms with Crippen molar-refractivity contribution in [2.75, 3.05) is 6.54 Å². The van der Waals surface area contributed by atoms with E-state index in [1.807, 2.05) is 0 Å². The summed E-state index contributed by atoms with van der Waals surface area (Å²) in [5.74, 6) is -1.41. The molecule has 0 radical (unpaired) electrons. The summed E-state index contributed by atoms with van der Waals surface area (Å²) in [5.41, 5.74) is 0.816. The summed E-state index contributed by atoms with van der Waals surface area (Å²) >= 11 is 5.73. The number of carbonyl (C=O) groups excluding carboxylic acids is 2. The summed E-state index contributed by atoms with van der Waals surface area (Å²) in [5, 5.41) is 11.3. The summed E-state index contributed by atoms with van der Waals surface area (Å²) in [4.78, 5) is 23.1. The van der Waals surface area contributed by atoms with Gasteiger partial charge in [-0.2, -0.15) is 0 Å². The Morgan fingerprint density at radius 3 is 2.48 bits per heavy atom. The molecule has 2 aromatic carbocycles. The molecule has 0 fully saturated rings. The monoisotopic (exact) mass is 417 g/mol. The Kier molecular flexibility index (Phi) is 7.07. The second-order valence-corrected chi connectivity index (χ2v) is 7.86. The predicted molar refractivity (Wildman–Crippen MR) is 90.5 cm³/mol. The van der Waals surface area contributed by atoms with Gasteiger partial charge in [-0.3, -0.25) is 4.79 Å². The number of rotatable bonds is 6. The molecule has 7 nitrogen and oxygen atoms in total. The minimum Gasteiger partial charge on any atom is -0.546 e. The zero-order valence-corrected chi connectivity index (χ0v) is 17.8. The first-order valence-corrected chi connectivity index (χ1v) is 9.41. The van der Waals surface area contributed by atoms with Crippen molar-refractivity contribution in [1.29, 1.82) is 0 Å². The maximum absolute atomic E-state index is 12.3. The smallest absolute Gasteiger partial charge is 0.546 e. The summed E-state index contributed by atoms with van der Waals surface area (Å²) in [6, 6.07) is 9.98. The van der Waals surface area contributed by atoms with Gasteiger partial charge in [0.1, 0.15) is 11.9 Å². The number of aliphatic carboxylic acids is 1. The van der Waals surface area contributed by atoms with Crippen LogP contribution >= 0.6 is 11.6 Å². The van der Waals surface area contributed by atoms with E-state index in [2.05, 4.69) is 4.72 Å². The molecule has 2 aromatic rings. The van der Waals surface area contributed by atoms with E-state index in [1.54, 1.807) is 0 Å². The van der Waals surface area contributed by atoms with E-state index in [9.17, 15) is 23.1 Å². The van der Waals surface area contributed by atoms with Crippen molar-refractivity contribution in [3.63, 3.8) is 0 Å². The van der Waals surface area contributed by atoms with Crippen LogP contribution in [0, 0.1) is 0 Å². The number of hydrogen-bond donors (Lipinski definition) is 1. The maximum Gasteiger partial charge on any atom is 1.00 e. The molecule has 3 rings (SSSR count). The van der Waals surface area contributed by atoms with Crippen LogP contribution in [0.15, 0.2) is 47.4 Å². The summed E-state index contributed by atoms with van der Waals surface area (Å²) < 4.78 is 31.8. The van der Waals surface area contributed by atoms with E-state index >= 15 is 0 Å². The molecule has 10 heteroatoms. The van der Waals surface area contributed by atoms with Crippen molar-refractivity contribution in [1.82, 2.24) is 4.72 Å². The summed E-state index contributed by atoms with van der Waals surface area (Å²) in [6.07, 6.45) is -0.992. The number of sulfonamides is 1. The van der Waals surface area contributed by atoms with Gasteiger partial charge in [-0.25, -0.2) is 13.1 Å². The van der Waals surface area contributed by atoms with E-state index in [-0.39, 0.29) is 46.4 Å². The van der Waals surface area contributed by atoms with Crippen LogP contribution in [0.5, 0.6) is 5.75 Å². The number of carboxylic acids is 1.